The smallest absolute Gasteiger partial charge is 0.0637 e. The Labute approximate surface area is 110 Å². The third kappa shape index (κ3) is 5.05. The molecule has 0 bridgehead atoms. The van der Waals surface area contributed by atoms with E-state index in [9.17, 15) is 0 Å². The van der Waals surface area contributed by atoms with E-state index in [-0.39, 0.29) is 0 Å². The summed E-state index contributed by atoms with van der Waals surface area (Å²) in [5, 5.41) is 4.09. The van der Waals surface area contributed by atoms with Crippen molar-refractivity contribution in [2.24, 2.45) is 5.41 Å². The Balaban J connectivity index is 2.58. The van der Waals surface area contributed by atoms with Crippen LogP contribution in [0.3, 0.4) is 0 Å². The molecule has 0 amide bonds. The van der Waals surface area contributed by atoms with Crippen molar-refractivity contribution in [2.45, 2.75) is 46.1 Å². The molecule has 1 rings (SSSR count). The fourth-order valence-electron chi connectivity index (χ4n) is 1.96. The van der Waals surface area contributed by atoms with Crippen LogP contribution in [0, 0.1) is 5.41 Å². The number of halogens is 1. The summed E-state index contributed by atoms with van der Waals surface area (Å²) in [6.07, 6.45) is 7.05. The number of pyridine rings is 1. The van der Waals surface area contributed by atoms with Crippen molar-refractivity contribution in [3.63, 3.8) is 0 Å². The molecular weight excluding hydrogens is 232 g/mol. The average molecular weight is 255 g/mol. The molecule has 0 saturated carbocycles. The van der Waals surface area contributed by atoms with E-state index in [1.165, 1.54) is 12.8 Å². The van der Waals surface area contributed by atoms with Crippen LogP contribution in [0.4, 0.5) is 0 Å². The second-order valence-corrected chi connectivity index (χ2v) is 6.10. The van der Waals surface area contributed by atoms with Crippen LogP contribution >= 0.6 is 11.6 Å². The lowest BCUT2D eigenvalue weighted by molar-refractivity contribution is 0.347. The topological polar surface area (TPSA) is 24.9 Å². The third-order valence-electron chi connectivity index (χ3n) is 2.95. The summed E-state index contributed by atoms with van der Waals surface area (Å²) in [4.78, 5) is 4.02. The van der Waals surface area contributed by atoms with Crippen molar-refractivity contribution in [3.05, 3.63) is 29.0 Å². The van der Waals surface area contributed by atoms with Crippen molar-refractivity contribution >= 4 is 11.6 Å². The first-order valence-electron chi connectivity index (χ1n) is 6.21. The van der Waals surface area contributed by atoms with Crippen molar-refractivity contribution < 1.29 is 0 Å². The van der Waals surface area contributed by atoms with Gasteiger partial charge in [-0.2, -0.15) is 0 Å². The first-order chi connectivity index (χ1) is 7.94. The Hall–Kier alpha value is -0.600. The number of rotatable bonds is 5. The number of nitrogens with one attached hydrogen (secondary N) is 1. The molecule has 2 nitrogen and oxygen atoms in total. The molecule has 1 heterocycles. The maximum absolute atomic E-state index is 6.16. The van der Waals surface area contributed by atoms with Gasteiger partial charge in [0.15, 0.2) is 0 Å². The zero-order chi connectivity index (χ0) is 12.9. The van der Waals surface area contributed by atoms with Gasteiger partial charge in [-0.15, -0.1) is 0 Å². The normalized spacial score (nSPS) is 13.7. The molecule has 0 aromatic carbocycles. The standard InChI is InChI=1S/C14H23ClN2/c1-14(2,3)8-5-6-13(16-4)11-7-9-17-10-12(11)15/h7,9-10,13,16H,5-6,8H2,1-4H3. The van der Waals surface area contributed by atoms with Crippen LogP contribution in [0.2, 0.25) is 5.02 Å². The van der Waals surface area contributed by atoms with Gasteiger partial charge in [-0.1, -0.05) is 38.8 Å². The summed E-state index contributed by atoms with van der Waals surface area (Å²) in [7, 11) is 1.98. The molecule has 1 unspecified atom stereocenters. The SMILES string of the molecule is CNC(CCCC(C)(C)C)c1ccncc1Cl. The van der Waals surface area contributed by atoms with Gasteiger partial charge in [-0.25, -0.2) is 0 Å². The van der Waals surface area contributed by atoms with E-state index in [0.29, 0.717) is 11.5 Å². The Morgan fingerprint density at radius 2 is 2.12 bits per heavy atom. The van der Waals surface area contributed by atoms with Gasteiger partial charge in [0.1, 0.15) is 0 Å². The summed E-state index contributed by atoms with van der Waals surface area (Å²) >= 11 is 6.16. The van der Waals surface area contributed by atoms with E-state index in [2.05, 4.69) is 31.1 Å². The molecule has 0 spiro atoms. The molecule has 0 aliphatic rings. The summed E-state index contributed by atoms with van der Waals surface area (Å²) in [5.41, 5.74) is 1.55. The van der Waals surface area contributed by atoms with Crippen LogP contribution in [-0.2, 0) is 0 Å². The van der Waals surface area contributed by atoms with Crippen LogP contribution < -0.4 is 5.32 Å². The van der Waals surface area contributed by atoms with E-state index in [4.69, 9.17) is 11.6 Å². The fraction of sp³-hybridized carbons (Fsp3) is 0.643. The molecule has 0 fully saturated rings. The molecule has 1 N–H and O–H groups in total. The molecule has 1 aromatic rings. The lowest BCUT2D eigenvalue weighted by atomic mass is 9.88. The minimum Gasteiger partial charge on any atom is -0.313 e. The quantitative estimate of drug-likeness (QED) is 0.851. The predicted octanol–water partition coefficient (Wildman–Crippen LogP) is 4.21. The van der Waals surface area contributed by atoms with Gasteiger partial charge >= 0.3 is 0 Å². The van der Waals surface area contributed by atoms with Crippen molar-refractivity contribution in [1.82, 2.24) is 10.3 Å². The third-order valence-corrected chi connectivity index (χ3v) is 3.26. The summed E-state index contributed by atoms with van der Waals surface area (Å²) in [6, 6.07) is 2.33. The molecule has 3 heteroatoms. The maximum atomic E-state index is 6.16. The molecule has 0 aliphatic carbocycles. The predicted molar refractivity (Wildman–Crippen MR) is 74.4 cm³/mol. The van der Waals surface area contributed by atoms with Gasteiger partial charge in [0.25, 0.3) is 0 Å². The van der Waals surface area contributed by atoms with Crippen LogP contribution in [0.15, 0.2) is 18.5 Å². The summed E-state index contributed by atoms with van der Waals surface area (Å²) < 4.78 is 0. The number of hydrogen-bond donors (Lipinski definition) is 1. The molecule has 1 aromatic heterocycles. The average Bonchev–Trinajstić information content (AvgIpc) is 2.24. The molecule has 17 heavy (non-hydrogen) atoms. The Morgan fingerprint density at radius 3 is 2.65 bits per heavy atom. The van der Waals surface area contributed by atoms with Crippen LogP contribution in [0.25, 0.3) is 0 Å². The Kier molecular flexibility index (Phi) is 5.41. The number of aromatic nitrogens is 1. The van der Waals surface area contributed by atoms with Crippen LogP contribution in [0.5, 0.6) is 0 Å². The maximum Gasteiger partial charge on any atom is 0.0637 e. The van der Waals surface area contributed by atoms with E-state index < -0.39 is 0 Å². The van der Waals surface area contributed by atoms with Crippen molar-refractivity contribution in [2.75, 3.05) is 7.05 Å². The first-order valence-corrected chi connectivity index (χ1v) is 6.58. The Bertz CT molecular complexity index is 344. The molecule has 1 atom stereocenters. The molecule has 0 aliphatic heterocycles. The fourth-order valence-corrected chi connectivity index (χ4v) is 2.21. The van der Waals surface area contributed by atoms with Crippen LogP contribution in [-0.4, -0.2) is 12.0 Å². The summed E-state index contributed by atoms with van der Waals surface area (Å²) in [5.74, 6) is 0. The first kappa shape index (κ1) is 14.5. The van der Waals surface area contributed by atoms with E-state index in [0.717, 1.165) is 17.0 Å². The Morgan fingerprint density at radius 1 is 1.41 bits per heavy atom. The minimum atomic E-state index is 0.327. The van der Waals surface area contributed by atoms with Gasteiger partial charge in [0.05, 0.1) is 5.02 Å². The summed E-state index contributed by atoms with van der Waals surface area (Å²) in [6.45, 7) is 6.84. The molecule has 0 saturated heterocycles. The van der Waals surface area contributed by atoms with E-state index >= 15 is 0 Å². The van der Waals surface area contributed by atoms with Crippen molar-refractivity contribution in [3.8, 4) is 0 Å². The highest BCUT2D eigenvalue weighted by Gasteiger charge is 2.15. The lowest BCUT2D eigenvalue weighted by Gasteiger charge is -2.21. The second-order valence-electron chi connectivity index (χ2n) is 5.69. The molecule has 96 valence electrons. The van der Waals surface area contributed by atoms with Gasteiger partial charge in [0, 0.05) is 18.4 Å². The lowest BCUT2D eigenvalue weighted by Crippen LogP contribution is -2.17. The van der Waals surface area contributed by atoms with Gasteiger partial charge in [0.2, 0.25) is 0 Å². The molecule has 0 radical (unpaired) electrons. The number of nitrogens with zero attached hydrogens (tertiary/aromatic N) is 1. The van der Waals surface area contributed by atoms with Gasteiger partial charge < -0.3 is 5.32 Å². The second kappa shape index (κ2) is 6.36. The van der Waals surface area contributed by atoms with Crippen LogP contribution in [0.1, 0.15) is 51.6 Å². The van der Waals surface area contributed by atoms with Gasteiger partial charge in [-0.05, 0) is 36.9 Å². The highest BCUT2D eigenvalue weighted by atomic mass is 35.5. The highest BCUT2D eigenvalue weighted by Crippen LogP contribution is 2.28. The van der Waals surface area contributed by atoms with Gasteiger partial charge in [-0.3, -0.25) is 4.98 Å². The zero-order valence-corrected chi connectivity index (χ0v) is 12.0. The van der Waals surface area contributed by atoms with Crippen molar-refractivity contribution in [1.29, 1.82) is 0 Å². The highest BCUT2D eigenvalue weighted by molar-refractivity contribution is 6.31. The van der Waals surface area contributed by atoms with E-state index in [1.54, 1.807) is 12.4 Å². The monoisotopic (exact) mass is 254 g/mol. The zero-order valence-electron chi connectivity index (χ0n) is 11.3. The minimum absolute atomic E-state index is 0.327. The largest absolute Gasteiger partial charge is 0.313 e. The molecular formula is C14H23ClN2. The van der Waals surface area contributed by atoms with E-state index in [1.807, 2.05) is 13.1 Å². The number of hydrogen-bond acceptors (Lipinski definition) is 2.